The second-order valence-electron chi connectivity index (χ2n) is 8.02. The summed E-state index contributed by atoms with van der Waals surface area (Å²) in [5, 5.41) is 3.09. The van der Waals surface area contributed by atoms with Crippen molar-refractivity contribution in [3.8, 4) is 0 Å². The SMILES string of the molecule is CCOC1CC(N)(C(=O)NCC(C)CN2CCCCC2)C1(C)C.Cl.Cl. The first-order valence-electron chi connectivity index (χ1n) is 9.22. The molecule has 1 amide bonds. The highest BCUT2D eigenvalue weighted by molar-refractivity contribution is 5.88. The minimum atomic E-state index is -0.808. The maximum Gasteiger partial charge on any atom is 0.240 e. The molecule has 0 bridgehead atoms. The van der Waals surface area contributed by atoms with Gasteiger partial charge in [0.15, 0.2) is 0 Å². The number of ether oxygens (including phenoxy) is 1. The first-order valence-corrected chi connectivity index (χ1v) is 9.22. The van der Waals surface area contributed by atoms with Gasteiger partial charge in [0.2, 0.25) is 5.91 Å². The number of halogens is 2. The number of nitrogens with one attached hydrogen (secondary N) is 1. The zero-order valence-corrected chi connectivity index (χ0v) is 17.8. The summed E-state index contributed by atoms with van der Waals surface area (Å²) in [6, 6.07) is 0. The van der Waals surface area contributed by atoms with E-state index < -0.39 is 5.54 Å². The van der Waals surface area contributed by atoms with Crippen molar-refractivity contribution in [1.82, 2.24) is 10.2 Å². The fourth-order valence-electron chi connectivity index (χ4n) is 3.89. The Balaban J connectivity index is 0.00000288. The number of amides is 1. The molecule has 1 aliphatic carbocycles. The maximum absolute atomic E-state index is 12.6. The number of rotatable bonds is 7. The summed E-state index contributed by atoms with van der Waals surface area (Å²) in [6.07, 6.45) is 4.65. The molecular formula is C18H37Cl2N3O2. The van der Waals surface area contributed by atoms with Crippen LogP contribution in [0.25, 0.3) is 0 Å². The topological polar surface area (TPSA) is 67.6 Å². The molecule has 2 rings (SSSR count). The minimum absolute atomic E-state index is 0. The molecule has 5 nitrogen and oxygen atoms in total. The van der Waals surface area contributed by atoms with Gasteiger partial charge in [0.25, 0.3) is 0 Å². The predicted octanol–water partition coefficient (Wildman–Crippen LogP) is 2.60. The van der Waals surface area contributed by atoms with Gasteiger partial charge in [-0.1, -0.05) is 27.2 Å². The summed E-state index contributed by atoms with van der Waals surface area (Å²) in [5.74, 6) is 0.426. The Kier molecular flexibility index (Phi) is 10.3. The molecule has 3 N–H and O–H groups in total. The molecule has 3 atom stereocenters. The lowest BCUT2D eigenvalue weighted by Gasteiger charge is -2.57. The van der Waals surface area contributed by atoms with E-state index in [1.807, 2.05) is 20.8 Å². The Bertz CT molecular complexity index is 417. The summed E-state index contributed by atoms with van der Waals surface area (Å²) < 4.78 is 5.70. The van der Waals surface area contributed by atoms with E-state index in [-0.39, 0.29) is 42.2 Å². The summed E-state index contributed by atoms with van der Waals surface area (Å²) in [7, 11) is 0. The van der Waals surface area contributed by atoms with Crippen LogP contribution >= 0.6 is 24.8 Å². The van der Waals surface area contributed by atoms with Crippen LogP contribution < -0.4 is 11.1 Å². The monoisotopic (exact) mass is 397 g/mol. The van der Waals surface area contributed by atoms with Crippen molar-refractivity contribution < 1.29 is 9.53 Å². The van der Waals surface area contributed by atoms with Crippen molar-refractivity contribution in [2.24, 2.45) is 17.1 Å². The lowest BCUT2D eigenvalue weighted by Crippen LogP contribution is -2.75. The molecular weight excluding hydrogens is 361 g/mol. The minimum Gasteiger partial charge on any atom is -0.378 e. The molecule has 1 saturated heterocycles. The van der Waals surface area contributed by atoms with Gasteiger partial charge < -0.3 is 20.7 Å². The number of nitrogens with zero attached hydrogens (tertiary/aromatic N) is 1. The highest BCUT2D eigenvalue weighted by Crippen LogP contribution is 2.49. The highest BCUT2D eigenvalue weighted by atomic mass is 35.5. The van der Waals surface area contributed by atoms with E-state index in [1.54, 1.807) is 0 Å². The molecule has 7 heteroatoms. The third kappa shape index (κ3) is 5.46. The quantitative estimate of drug-likeness (QED) is 0.692. The normalized spacial score (nSPS) is 29.6. The van der Waals surface area contributed by atoms with Gasteiger partial charge in [-0.15, -0.1) is 24.8 Å². The van der Waals surface area contributed by atoms with E-state index in [0.29, 0.717) is 25.5 Å². The molecule has 0 spiro atoms. The Morgan fingerprint density at radius 3 is 2.40 bits per heavy atom. The smallest absolute Gasteiger partial charge is 0.240 e. The van der Waals surface area contributed by atoms with Crippen molar-refractivity contribution in [2.75, 3.05) is 32.8 Å². The van der Waals surface area contributed by atoms with Crippen LogP contribution in [0.3, 0.4) is 0 Å². The van der Waals surface area contributed by atoms with Crippen LogP contribution in [0.2, 0.25) is 0 Å². The Hall–Kier alpha value is -0.0700. The second kappa shape index (κ2) is 10.3. The Morgan fingerprint density at radius 2 is 1.88 bits per heavy atom. The summed E-state index contributed by atoms with van der Waals surface area (Å²) >= 11 is 0. The second-order valence-corrected chi connectivity index (χ2v) is 8.02. The van der Waals surface area contributed by atoms with Crippen LogP contribution in [-0.2, 0) is 9.53 Å². The number of carbonyl (C=O) groups excluding carboxylic acids is 1. The van der Waals surface area contributed by atoms with Crippen molar-refractivity contribution >= 4 is 30.7 Å². The zero-order chi connectivity index (χ0) is 17.1. The third-order valence-corrected chi connectivity index (χ3v) is 5.86. The molecule has 2 fully saturated rings. The fourth-order valence-corrected chi connectivity index (χ4v) is 3.89. The van der Waals surface area contributed by atoms with Gasteiger partial charge in [-0.25, -0.2) is 0 Å². The van der Waals surface area contributed by atoms with Gasteiger partial charge in [0.1, 0.15) is 5.54 Å². The van der Waals surface area contributed by atoms with Crippen molar-refractivity contribution in [3.63, 3.8) is 0 Å². The number of carbonyl (C=O) groups is 1. The third-order valence-electron chi connectivity index (χ3n) is 5.86. The zero-order valence-electron chi connectivity index (χ0n) is 16.2. The van der Waals surface area contributed by atoms with Crippen LogP contribution in [0.4, 0.5) is 0 Å². The molecule has 0 aromatic rings. The molecule has 0 radical (unpaired) electrons. The molecule has 1 heterocycles. The molecule has 1 saturated carbocycles. The lowest BCUT2D eigenvalue weighted by atomic mass is 9.54. The van der Waals surface area contributed by atoms with Gasteiger partial charge in [0.05, 0.1) is 6.10 Å². The molecule has 0 aromatic heterocycles. The molecule has 2 aliphatic rings. The van der Waals surface area contributed by atoms with E-state index in [9.17, 15) is 4.79 Å². The van der Waals surface area contributed by atoms with Crippen LogP contribution in [-0.4, -0.2) is 55.2 Å². The van der Waals surface area contributed by atoms with Gasteiger partial charge in [-0.2, -0.15) is 0 Å². The number of nitrogens with two attached hydrogens (primary N) is 1. The van der Waals surface area contributed by atoms with Crippen LogP contribution in [0, 0.1) is 11.3 Å². The standard InChI is InChI=1S/C18H35N3O2.2ClH/c1-5-23-15-11-18(19,17(15,3)4)16(22)20-12-14(2)13-21-9-7-6-8-10-21;;/h14-15H,5-13,19H2,1-4H3,(H,20,22);2*1H. The number of likely N-dealkylation sites (tertiary alicyclic amines) is 1. The highest BCUT2D eigenvalue weighted by Gasteiger charge is 2.62. The molecule has 25 heavy (non-hydrogen) atoms. The lowest BCUT2D eigenvalue weighted by molar-refractivity contribution is -0.170. The number of hydrogen-bond acceptors (Lipinski definition) is 4. The maximum atomic E-state index is 12.6. The van der Waals surface area contributed by atoms with Gasteiger partial charge >= 0.3 is 0 Å². The first kappa shape index (κ1) is 24.9. The molecule has 1 aliphatic heterocycles. The molecule has 0 aromatic carbocycles. The summed E-state index contributed by atoms with van der Waals surface area (Å²) in [4.78, 5) is 15.1. The van der Waals surface area contributed by atoms with Gasteiger partial charge in [-0.05, 0) is 38.8 Å². The van der Waals surface area contributed by atoms with Crippen LogP contribution in [0.15, 0.2) is 0 Å². The number of piperidine rings is 1. The fraction of sp³-hybridized carbons (Fsp3) is 0.944. The van der Waals surface area contributed by atoms with E-state index >= 15 is 0 Å². The van der Waals surface area contributed by atoms with E-state index in [0.717, 1.165) is 6.54 Å². The molecule has 150 valence electrons. The van der Waals surface area contributed by atoms with Crippen molar-refractivity contribution in [2.45, 2.75) is 65.0 Å². The largest absolute Gasteiger partial charge is 0.378 e. The number of hydrogen-bond donors (Lipinski definition) is 2. The van der Waals surface area contributed by atoms with E-state index in [1.165, 1.54) is 32.4 Å². The van der Waals surface area contributed by atoms with Crippen LogP contribution in [0.5, 0.6) is 0 Å². The Morgan fingerprint density at radius 1 is 1.28 bits per heavy atom. The Labute approximate surface area is 165 Å². The van der Waals surface area contributed by atoms with E-state index in [2.05, 4.69) is 17.1 Å². The predicted molar refractivity (Wildman–Crippen MR) is 108 cm³/mol. The summed E-state index contributed by atoms with van der Waals surface area (Å²) in [5.41, 5.74) is 5.29. The average Bonchev–Trinajstić information content (AvgIpc) is 2.53. The first-order chi connectivity index (χ1) is 10.8. The van der Waals surface area contributed by atoms with Crippen molar-refractivity contribution in [3.05, 3.63) is 0 Å². The van der Waals surface area contributed by atoms with Crippen molar-refractivity contribution in [1.29, 1.82) is 0 Å². The van der Waals surface area contributed by atoms with Gasteiger partial charge in [0, 0.05) is 31.5 Å². The van der Waals surface area contributed by atoms with E-state index in [4.69, 9.17) is 10.5 Å². The van der Waals surface area contributed by atoms with Crippen LogP contribution in [0.1, 0.15) is 53.4 Å². The average molecular weight is 398 g/mol. The molecule has 3 unspecified atom stereocenters. The van der Waals surface area contributed by atoms with Gasteiger partial charge in [-0.3, -0.25) is 4.79 Å². The summed E-state index contributed by atoms with van der Waals surface area (Å²) in [6.45, 7) is 13.1.